The van der Waals surface area contributed by atoms with Crippen molar-refractivity contribution in [1.29, 1.82) is 0 Å². The lowest BCUT2D eigenvalue weighted by Gasteiger charge is -2.32. The number of amides is 2. The highest BCUT2D eigenvalue weighted by Crippen LogP contribution is 2.21. The Morgan fingerprint density at radius 1 is 0.946 bits per heavy atom. The molecule has 0 saturated carbocycles. The molecule has 37 heavy (non-hydrogen) atoms. The summed E-state index contributed by atoms with van der Waals surface area (Å²) < 4.78 is 6.20. The number of carbonyl (C=O) groups is 2. The van der Waals surface area contributed by atoms with E-state index in [9.17, 15) is 9.59 Å². The Labute approximate surface area is 233 Å². The number of carbonyl (C=O) groups excluding carboxylic acids is 2. The summed E-state index contributed by atoms with van der Waals surface area (Å²) in [6.45, 7) is 4.39. The molecule has 0 spiro atoms. The highest BCUT2D eigenvalue weighted by atomic mass is 79.9. The number of nitrogens with one attached hydrogen (secondary N) is 1. The highest BCUT2D eigenvalue weighted by Gasteiger charge is 2.30. The van der Waals surface area contributed by atoms with Crippen LogP contribution in [0.25, 0.3) is 0 Å². The summed E-state index contributed by atoms with van der Waals surface area (Å²) in [5.74, 6) is 1.61. The molecule has 7 heteroatoms. The zero-order chi connectivity index (χ0) is 26.6. The van der Waals surface area contributed by atoms with Crippen LogP contribution in [0.5, 0.6) is 5.75 Å². The molecule has 0 fully saturated rings. The maximum absolute atomic E-state index is 13.7. The number of nitrogens with zero attached hydrogens (tertiary/aromatic N) is 1. The van der Waals surface area contributed by atoms with E-state index in [1.54, 1.807) is 23.8 Å². The standard InChI is InChI=1S/C30H35BrN2O3S/c1-4-22(2)32-30(35)28(18-23-8-6-5-7-9-23)33(19-24-10-14-26(31)15-11-24)29(34)21-37-20-25-12-16-27(36-3)17-13-25/h5-17,22,28H,4,18-21H2,1-3H3,(H,32,35). The van der Waals surface area contributed by atoms with Crippen molar-refractivity contribution >= 4 is 39.5 Å². The molecule has 196 valence electrons. The summed E-state index contributed by atoms with van der Waals surface area (Å²) in [6.07, 6.45) is 1.27. The van der Waals surface area contributed by atoms with E-state index in [0.717, 1.165) is 33.3 Å². The topological polar surface area (TPSA) is 58.6 Å². The van der Waals surface area contributed by atoms with Crippen molar-refractivity contribution in [3.63, 3.8) is 0 Å². The van der Waals surface area contributed by atoms with Crippen LogP contribution in [0, 0.1) is 0 Å². The molecule has 0 aliphatic carbocycles. The molecular formula is C30H35BrN2O3S. The van der Waals surface area contributed by atoms with E-state index < -0.39 is 6.04 Å². The Hall–Kier alpha value is -2.77. The van der Waals surface area contributed by atoms with Gasteiger partial charge in [0.05, 0.1) is 12.9 Å². The predicted octanol–water partition coefficient (Wildman–Crippen LogP) is 6.25. The molecule has 3 aromatic rings. The van der Waals surface area contributed by atoms with Gasteiger partial charge in [0.1, 0.15) is 11.8 Å². The average Bonchev–Trinajstić information content (AvgIpc) is 2.92. The van der Waals surface area contributed by atoms with Crippen LogP contribution in [0.2, 0.25) is 0 Å². The monoisotopic (exact) mass is 582 g/mol. The minimum Gasteiger partial charge on any atom is -0.497 e. The third-order valence-corrected chi connectivity index (χ3v) is 7.71. The minimum atomic E-state index is -0.617. The Kier molecular flexibility index (Phi) is 11.5. The number of ether oxygens (including phenoxy) is 1. The van der Waals surface area contributed by atoms with Crippen molar-refractivity contribution in [2.24, 2.45) is 0 Å². The van der Waals surface area contributed by atoms with E-state index in [4.69, 9.17) is 4.74 Å². The lowest BCUT2D eigenvalue weighted by Crippen LogP contribution is -2.52. The van der Waals surface area contributed by atoms with Gasteiger partial charge in [-0.05, 0) is 54.3 Å². The molecule has 0 saturated heterocycles. The summed E-state index contributed by atoms with van der Waals surface area (Å²) in [5.41, 5.74) is 3.12. The van der Waals surface area contributed by atoms with Crippen molar-refractivity contribution in [3.05, 3.63) is 100 Å². The number of thioether (sulfide) groups is 1. The van der Waals surface area contributed by atoms with E-state index >= 15 is 0 Å². The van der Waals surface area contributed by atoms with Gasteiger partial charge >= 0.3 is 0 Å². The lowest BCUT2D eigenvalue weighted by atomic mass is 10.0. The normalized spacial score (nSPS) is 12.4. The van der Waals surface area contributed by atoms with Crippen molar-refractivity contribution in [2.45, 2.75) is 51.1 Å². The molecule has 2 atom stereocenters. The van der Waals surface area contributed by atoms with Crippen molar-refractivity contribution < 1.29 is 14.3 Å². The summed E-state index contributed by atoms with van der Waals surface area (Å²) >= 11 is 5.03. The third-order valence-electron chi connectivity index (χ3n) is 6.19. The first-order valence-corrected chi connectivity index (χ1v) is 14.4. The van der Waals surface area contributed by atoms with Crippen LogP contribution in [0.3, 0.4) is 0 Å². The maximum atomic E-state index is 13.7. The molecular weight excluding hydrogens is 548 g/mol. The fourth-order valence-corrected chi connectivity index (χ4v) is 4.98. The van der Waals surface area contributed by atoms with E-state index in [0.29, 0.717) is 18.7 Å². The van der Waals surface area contributed by atoms with Gasteiger partial charge in [-0.25, -0.2) is 0 Å². The first-order valence-electron chi connectivity index (χ1n) is 12.5. The molecule has 0 aromatic heterocycles. The SMILES string of the molecule is CCC(C)NC(=O)C(Cc1ccccc1)N(Cc1ccc(Br)cc1)C(=O)CSCc1ccc(OC)cc1. The molecule has 0 aliphatic rings. The van der Waals surface area contributed by atoms with Gasteiger partial charge in [0.15, 0.2) is 0 Å². The van der Waals surface area contributed by atoms with E-state index in [1.807, 2.05) is 92.7 Å². The Morgan fingerprint density at radius 3 is 2.22 bits per heavy atom. The van der Waals surface area contributed by atoms with Crippen LogP contribution in [-0.2, 0) is 28.3 Å². The minimum absolute atomic E-state index is 0.0276. The van der Waals surface area contributed by atoms with Gasteiger partial charge in [-0.15, -0.1) is 11.8 Å². The largest absolute Gasteiger partial charge is 0.497 e. The summed E-state index contributed by atoms with van der Waals surface area (Å²) in [5, 5.41) is 3.11. The van der Waals surface area contributed by atoms with Crippen LogP contribution >= 0.6 is 27.7 Å². The quantitative estimate of drug-likeness (QED) is 0.259. The fraction of sp³-hybridized carbons (Fsp3) is 0.333. The maximum Gasteiger partial charge on any atom is 0.243 e. The van der Waals surface area contributed by atoms with Crippen LogP contribution in [0.15, 0.2) is 83.3 Å². The zero-order valence-electron chi connectivity index (χ0n) is 21.7. The number of hydrogen-bond acceptors (Lipinski definition) is 4. The Bertz CT molecular complexity index is 1120. The van der Waals surface area contributed by atoms with Gasteiger partial charge in [-0.1, -0.05) is 77.5 Å². The molecule has 3 aromatic carbocycles. The van der Waals surface area contributed by atoms with Gasteiger partial charge in [-0.2, -0.15) is 0 Å². The van der Waals surface area contributed by atoms with Crippen molar-refractivity contribution in [1.82, 2.24) is 10.2 Å². The van der Waals surface area contributed by atoms with Crippen molar-refractivity contribution in [3.8, 4) is 5.75 Å². The molecule has 2 unspecified atom stereocenters. The number of methoxy groups -OCH3 is 1. The van der Waals surface area contributed by atoms with Gasteiger partial charge < -0.3 is 15.0 Å². The second-order valence-corrected chi connectivity index (χ2v) is 10.9. The van der Waals surface area contributed by atoms with E-state index in [1.165, 1.54) is 0 Å². The summed E-state index contributed by atoms with van der Waals surface area (Å²) in [6, 6.07) is 25.1. The van der Waals surface area contributed by atoms with Crippen LogP contribution in [-0.4, -0.2) is 41.7 Å². The predicted molar refractivity (Wildman–Crippen MR) is 156 cm³/mol. The molecule has 5 nitrogen and oxygen atoms in total. The van der Waals surface area contributed by atoms with Gasteiger partial charge in [-0.3, -0.25) is 9.59 Å². The second-order valence-electron chi connectivity index (χ2n) is 9.01. The van der Waals surface area contributed by atoms with E-state index in [-0.39, 0.29) is 23.6 Å². The first-order chi connectivity index (χ1) is 17.9. The van der Waals surface area contributed by atoms with E-state index in [2.05, 4.69) is 21.2 Å². The second kappa shape index (κ2) is 14.8. The van der Waals surface area contributed by atoms with Crippen LogP contribution in [0.1, 0.15) is 37.0 Å². The fourth-order valence-electron chi connectivity index (χ4n) is 3.84. The Morgan fingerprint density at radius 2 is 1.59 bits per heavy atom. The lowest BCUT2D eigenvalue weighted by molar-refractivity contribution is -0.139. The average molecular weight is 584 g/mol. The van der Waals surface area contributed by atoms with Crippen LogP contribution < -0.4 is 10.1 Å². The van der Waals surface area contributed by atoms with Gasteiger partial charge in [0.25, 0.3) is 0 Å². The third kappa shape index (κ3) is 9.24. The number of hydrogen-bond donors (Lipinski definition) is 1. The highest BCUT2D eigenvalue weighted by molar-refractivity contribution is 9.10. The van der Waals surface area contributed by atoms with Crippen LogP contribution in [0.4, 0.5) is 0 Å². The molecule has 0 aliphatic heterocycles. The molecule has 0 bridgehead atoms. The van der Waals surface area contributed by atoms with Crippen molar-refractivity contribution in [2.75, 3.05) is 12.9 Å². The van der Waals surface area contributed by atoms with Gasteiger partial charge in [0.2, 0.25) is 11.8 Å². The first kappa shape index (κ1) is 28.8. The summed E-state index contributed by atoms with van der Waals surface area (Å²) in [4.78, 5) is 29.0. The number of halogens is 1. The molecule has 0 heterocycles. The number of rotatable bonds is 13. The Balaban J connectivity index is 1.82. The van der Waals surface area contributed by atoms with Gasteiger partial charge in [0, 0.05) is 29.2 Å². The smallest absolute Gasteiger partial charge is 0.243 e. The molecule has 1 N–H and O–H groups in total. The number of benzene rings is 3. The summed E-state index contributed by atoms with van der Waals surface area (Å²) in [7, 11) is 1.64. The zero-order valence-corrected chi connectivity index (χ0v) is 24.1. The molecule has 0 radical (unpaired) electrons. The molecule has 2 amide bonds. The molecule has 3 rings (SSSR count).